The lowest BCUT2D eigenvalue weighted by atomic mass is 10.1. The number of fused-ring (bicyclic) bond motifs is 1. The molecule has 0 spiro atoms. The van der Waals surface area contributed by atoms with Crippen LogP contribution in [0.4, 0.5) is 0 Å². The molecule has 0 aliphatic carbocycles. The standard InChI is InChI=1S/C30H51ClO4Si2/c1-18(2)36(19(3)4,20(5)6)34-25-15-24-16-27(32-13)29(31)30(33-14)28(24)26(17-25)35-37(21(7)8,22(9)10)23(11)12/h15-23H,1-14H3. The van der Waals surface area contributed by atoms with Crippen molar-refractivity contribution in [1.82, 2.24) is 0 Å². The van der Waals surface area contributed by atoms with Crippen molar-refractivity contribution in [3.8, 4) is 23.0 Å². The third-order valence-electron chi connectivity index (χ3n) is 8.46. The molecule has 0 saturated carbocycles. The van der Waals surface area contributed by atoms with Crippen LogP contribution in [0.15, 0.2) is 18.2 Å². The SMILES string of the molecule is COc1cc2cc(O[Si](C(C)C)(C(C)C)C(C)C)cc(O[Si](C(C)C)(C(C)C)C(C)C)c2c(OC)c1Cl. The Balaban J connectivity index is 2.98. The highest BCUT2D eigenvalue weighted by Gasteiger charge is 2.49. The molecule has 0 amide bonds. The summed E-state index contributed by atoms with van der Waals surface area (Å²) in [6.07, 6.45) is 0. The molecule has 0 saturated heterocycles. The number of benzene rings is 2. The van der Waals surface area contributed by atoms with Crippen molar-refractivity contribution < 1.29 is 18.3 Å². The van der Waals surface area contributed by atoms with E-state index in [0.29, 0.717) is 49.8 Å². The summed E-state index contributed by atoms with van der Waals surface area (Å²) >= 11 is 6.77. The normalized spacial score (nSPS) is 13.1. The van der Waals surface area contributed by atoms with E-state index in [9.17, 15) is 0 Å². The second-order valence-corrected chi connectivity index (χ2v) is 23.4. The van der Waals surface area contributed by atoms with E-state index in [1.165, 1.54) is 0 Å². The lowest BCUT2D eigenvalue weighted by Crippen LogP contribution is -2.51. The van der Waals surface area contributed by atoms with Gasteiger partial charge in [0.1, 0.15) is 22.3 Å². The molecule has 0 aromatic heterocycles. The van der Waals surface area contributed by atoms with E-state index in [0.717, 1.165) is 22.3 Å². The number of methoxy groups -OCH3 is 2. The van der Waals surface area contributed by atoms with Gasteiger partial charge in [-0.25, -0.2) is 0 Å². The number of ether oxygens (including phenoxy) is 2. The topological polar surface area (TPSA) is 36.9 Å². The average molecular weight is 567 g/mol. The van der Waals surface area contributed by atoms with Crippen LogP contribution in [-0.4, -0.2) is 30.9 Å². The molecular formula is C30H51ClO4Si2. The van der Waals surface area contributed by atoms with Gasteiger partial charge in [-0.3, -0.25) is 0 Å². The molecule has 210 valence electrons. The Bertz CT molecular complexity index is 1020. The first-order chi connectivity index (χ1) is 17.1. The van der Waals surface area contributed by atoms with Gasteiger partial charge in [0, 0.05) is 6.07 Å². The summed E-state index contributed by atoms with van der Waals surface area (Å²) in [4.78, 5) is 0. The van der Waals surface area contributed by atoms with Crippen LogP contribution in [0.1, 0.15) is 83.1 Å². The summed E-state index contributed by atoms with van der Waals surface area (Å²) < 4.78 is 26.0. The third-order valence-corrected chi connectivity index (χ3v) is 20.8. The van der Waals surface area contributed by atoms with Crippen LogP contribution in [0.5, 0.6) is 23.0 Å². The lowest BCUT2D eigenvalue weighted by Gasteiger charge is -2.43. The summed E-state index contributed by atoms with van der Waals surface area (Å²) in [6, 6.07) is 6.20. The first-order valence-corrected chi connectivity index (χ1v) is 18.5. The molecule has 0 fully saturated rings. The largest absolute Gasteiger partial charge is 0.543 e. The molecule has 0 radical (unpaired) electrons. The summed E-state index contributed by atoms with van der Waals surface area (Å²) in [5, 5.41) is 2.28. The van der Waals surface area contributed by atoms with Crippen molar-refractivity contribution in [1.29, 1.82) is 0 Å². The van der Waals surface area contributed by atoms with E-state index in [1.807, 2.05) is 6.07 Å². The van der Waals surface area contributed by atoms with Crippen molar-refractivity contribution in [2.75, 3.05) is 14.2 Å². The molecule has 0 N–H and O–H groups in total. The predicted octanol–water partition coefficient (Wildman–Crippen LogP) is 10.6. The molecule has 2 aromatic carbocycles. The van der Waals surface area contributed by atoms with Gasteiger partial charge < -0.3 is 18.3 Å². The second-order valence-electron chi connectivity index (χ2n) is 12.3. The zero-order valence-electron chi connectivity index (χ0n) is 25.7. The highest BCUT2D eigenvalue weighted by atomic mass is 35.5. The van der Waals surface area contributed by atoms with Crippen molar-refractivity contribution >= 4 is 39.0 Å². The zero-order valence-corrected chi connectivity index (χ0v) is 28.5. The minimum Gasteiger partial charge on any atom is -0.543 e. The van der Waals surface area contributed by atoms with Crippen LogP contribution in [0.3, 0.4) is 0 Å². The van der Waals surface area contributed by atoms with Gasteiger partial charge in [0.2, 0.25) is 0 Å². The summed E-state index contributed by atoms with van der Waals surface area (Å²) in [5.41, 5.74) is 2.62. The van der Waals surface area contributed by atoms with Crippen LogP contribution in [0.25, 0.3) is 10.8 Å². The van der Waals surface area contributed by atoms with Crippen molar-refractivity contribution in [2.45, 2.75) is 116 Å². The first-order valence-electron chi connectivity index (χ1n) is 13.9. The first kappa shape index (κ1) is 31.8. The van der Waals surface area contributed by atoms with E-state index >= 15 is 0 Å². The van der Waals surface area contributed by atoms with E-state index in [4.69, 9.17) is 29.9 Å². The van der Waals surface area contributed by atoms with E-state index in [-0.39, 0.29) is 0 Å². The Labute approximate surface area is 233 Å². The van der Waals surface area contributed by atoms with Gasteiger partial charge in [0.15, 0.2) is 5.75 Å². The van der Waals surface area contributed by atoms with Crippen molar-refractivity contribution in [2.24, 2.45) is 0 Å². The van der Waals surface area contributed by atoms with Gasteiger partial charge >= 0.3 is 0 Å². The summed E-state index contributed by atoms with van der Waals surface area (Å²) in [5.74, 6) is 2.82. The van der Waals surface area contributed by atoms with Crippen molar-refractivity contribution in [3.63, 3.8) is 0 Å². The Morgan fingerprint density at radius 3 is 1.38 bits per heavy atom. The van der Waals surface area contributed by atoms with Crippen LogP contribution in [0.2, 0.25) is 38.3 Å². The highest BCUT2D eigenvalue weighted by Crippen LogP contribution is 2.51. The molecule has 0 heterocycles. The molecule has 4 nitrogen and oxygen atoms in total. The predicted molar refractivity (Wildman–Crippen MR) is 165 cm³/mol. The number of rotatable bonds is 12. The Morgan fingerprint density at radius 1 is 0.568 bits per heavy atom. The van der Waals surface area contributed by atoms with E-state index < -0.39 is 16.6 Å². The fourth-order valence-electron chi connectivity index (χ4n) is 6.98. The number of hydrogen-bond acceptors (Lipinski definition) is 4. The maximum atomic E-state index is 7.30. The maximum Gasteiger partial charge on any atom is 0.258 e. The van der Waals surface area contributed by atoms with Crippen LogP contribution < -0.4 is 18.3 Å². The Kier molecular flexibility index (Phi) is 10.5. The average Bonchev–Trinajstić information content (AvgIpc) is 2.79. The van der Waals surface area contributed by atoms with Crippen LogP contribution in [-0.2, 0) is 0 Å². The van der Waals surface area contributed by atoms with Gasteiger partial charge in [0.25, 0.3) is 16.6 Å². The molecule has 37 heavy (non-hydrogen) atoms. The minimum absolute atomic E-state index is 0.419. The minimum atomic E-state index is -2.28. The second kappa shape index (κ2) is 12.2. The fourth-order valence-corrected chi connectivity index (χ4v) is 17.8. The van der Waals surface area contributed by atoms with E-state index in [2.05, 4.69) is 95.2 Å². The van der Waals surface area contributed by atoms with Gasteiger partial charge in [-0.15, -0.1) is 0 Å². The lowest BCUT2D eigenvalue weighted by molar-refractivity contribution is 0.397. The number of hydrogen-bond donors (Lipinski definition) is 0. The van der Waals surface area contributed by atoms with Crippen LogP contribution in [0, 0.1) is 0 Å². The Hall–Kier alpha value is -1.38. The van der Waals surface area contributed by atoms with Gasteiger partial charge in [-0.05, 0) is 50.8 Å². The highest BCUT2D eigenvalue weighted by molar-refractivity contribution is 6.79. The van der Waals surface area contributed by atoms with Gasteiger partial charge in [-0.2, -0.15) is 0 Å². The number of halogens is 1. The smallest absolute Gasteiger partial charge is 0.258 e. The maximum absolute atomic E-state index is 7.30. The Morgan fingerprint density at radius 2 is 1.00 bits per heavy atom. The zero-order chi connectivity index (χ0) is 28.5. The summed E-state index contributed by atoms with van der Waals surface area (Å²) in [7, 11) is -1.19. The quantitative estimate of drug-likeness (QED) is 0.239. The molecule has 2 aromatic rings. The molecule has 0 unspecified atom stereocenters. The molecule has 0 bridgehead atoms. The van der Waals surface area contributed by atoms with Gasteiger partial charge in [-0.1, -0.05) is 94.7 Å². The molecule has 0 aliphatic heterocycles. The van der Waals surface area contributed by atoms with Crippen LogP contribution >= 0.6 is 11.6 Å². The fraction of sp³-hybridized carbons (Fsp3) is 0.667. The van der Waals surface area contributed by atoms with Gasteiger partial charge in [0.05, 0.1) is 19.6 Å². The monoisotopic (exact) mass is 566 g/mol. The van der Waals surface area contributed by atoms with E-state index in [1.54, 1.807) is 14.2 Å². The van der Waals surface area contributed by atoms with Crippen molar-refractivity contribution in [3.05, 3.63) is 23.2 Å². The third kappa shape index (κ3) is 5.67. The molecule has 0 aliphatic rings. The molecule has 2 rings (SSSR count). The summed E-state index contributed by atoms with van der Waals surface area (Å²) in [6.45, 7) is 27.7. The molecular weight excluding hydrogens is 516 g/mol. The molecule has 0 atom stereocenters. The molecule has 7 heteroatoms.